The molecule has 2 fully saturated rings. The minimum atomic E-state index is -1.39. The normalized spacial score (nSPS) is 23.6. The Morgan fingerprint density at radius 1 is 1.22 bits per heavy atom. The van der Waals surface area contributed by atoms with Crippen LogP contribution in [0.1, 0.15) is 56.6 Å². The van der Waals surface area contributed by atoms with Crippen LogP contribution in [0.4, 0.5) is 4.39 Å². The SMILES string of the molecule is CC[C@@H]1CCCCN1C(=O)C[C@@]1(c2cccc(F)c2)CC(=O)N(Cc2cccnc2)C1=O. The predicted molar refractivity (Wildman–Crippen MR) is 117 cm³/mol. The lowest BCUT2D eigenvalue weighted by atomic mass is 9.75. The highest BCUT2D eigenvalue weighted by Crippen LogP contribution is 2.41. The van der Waals surface area contributed by atoms with Crippen molar-refractivity contribution in [2.75, 3.05) is 6.54 Å². The molecule has 0 unspecified atom stereocenters. The van der Waals surface area contributed by atoms with Gasteiger partial charge in [-0.3, -0.25) is 24.3 Å². The Morgan fingerprint density at radius 3 is 2.78 bits per heavy atom. The highest BCUT2D eigenvalue weighted by Gasteiger charge is 2.54. The van der Waals surface area contributed by atoms with E-state index in [1.165, 1.54) is 23.1 Å². The van der Waals surface area contributed by atoms with E-state index in [2.05, 4.69) is 11.9 Å². The first kappa shape index (κ1) is 22.1. The molecule has 0 N–H and O–H groups in total. The largest absolute Gasteiger partial charge is 0.340 e. The minimum Gasteiger partial charge on any atom is -0.340 e. The number of imide groups is 1. The molecule has 2 aromatic rings. The first-order chi connectivity index (χ1) is 15.4. The number of piperidine rings is 1. The number of carbonyl (C=O) groups is 3. The molecule has 2 aliphatic heterocycles. The van der Waals surface area contributed by atoms with E-state index in [1.54, 1.807) is 30.6 Å². The summed E-state index contributed by atoms with van der Waals surface area (Å²) in [6, 6.07) is 9.41. The number of halogens is 1. The number of likely N-dealkylation sites (tertiary alicyclic amines) is 2. The van der Waals surface area contributed by atoms with Crippen LogP contribution in [0.25, 0.3) is 0 Å². The number of hydrogen-bond donors (Lipinski definition) is 0. The molecule has 0 aliphatic carbocycles. The van der Waals surface area contributed by atoms with Gasteiger partial charge in [-0.2, -0.15) is 0 Å². The molecule has 3 amide bonds. The molecule has 1 aromatic carbocycles. The smallest absolute Gasteiger partial charge is 0.241 e. The number of amides is 3. The maximum Gasteiger partial charge on any atom is 0.241 e. The van der Waals surface area contributed by atoms with Crippen molar-refractivity contribution in [3.05, 3.63) is 65.7 Å². The van der Waals surface area contributed by atoms with Crippen LogP contribution in [0.2, 0.25) is 0 Å². The average Bonchev–Trinajstić information content (AvgIpc) is 3.04. The molecular formula is C25H28FN3O3. The van der Waals surface area contributed by atoms with Crippen molar-refractivity contribution in [2.24, 2.45) is 0 Å². The van der Waals surface area contributed by atoms with Crippen LogP contribution in [0.3, 0.4) is 0 Å². The fourth-order valence-electron chi connectivity index (χ4n) is 5.00. The molecule has 0 spiro atoms. The first-order valence-corrected chi connectivity index (χ1v) is 11.2. The summed E-state index contributed by atoms with van der Waals surface area (Å²) in [5, 5.41) is 0. The number of pyridine rings is 1. The fraction of sp³-hybridized carbons (Fsp3) is 0.440. The molecule has 4 rings (SSSR count). The van der Waals surface area contributed by atoms with E-state index in [0.29, 0.717) is 12.1 Å². The van der Waals surface area contributed by atoms with Gasteiger partial charge < -0.3 is 4.90 Å². The molecule has 7 heteroatoms. The van der Waals surface area contributed by atoms with Crippen LogP contribution in [-0.2, 0) is 26.3 Å². The van der Waals surface area contributed by atoms with Gasteiger partial charge in [0.25, 0.3) is 0 Å². The van der Waals surface area contributed by atoms with E-state index in [-0.39, 0.29) is 37.2 Å². The van der Waals surface area contributed by atoms with Crippen LogP contribution in [-0.4, -0.2) is 45.1 Å². The Balaban J connectivity index is 1.68. The summed E-state index contributed by atoms with van der Waals surface area (Å²) < 4.78 is 14.2. The summed E-state index contributed by atoms with van der Waals surface area (Å²) in [4.78, 5) is 47.3. The molecular weight excluding hydrogens is 409 g/mol. The first-order valence-electron chi connectivity index (χ1n) is 11.2. The van der Waals surface area contributed by atoms with Crippen molar-refractivity contribution in [2.45, 2.75) is 63.5 Å². The summed E-state index contributed by atoms with van der Waals surface area (Å²) in [5.74, 6) is -1.45. The van der Waals surface area contributed by atoms with E-state index >= 15 is 0 Å². The van der Waals surface area contributed by atoms with Crippen molar-refractivity contribution in [3.63, 3.8) is 0 Å². The van der Waals surface area contributed by atoms with Gasteiger partial charge in [0.2, 0.25) is 17.7 Å². The number of hydrogen-bond acceptors (Lipinski definition) is 4. The molecule has 3 heterocycles. The van der Waals surface area contributed by atoms with Gasteiger partial charge in [0.05, 0.1) is 12.0 Å². The van der Waals surface area contributed by atoms with Gasteiger partial charge in [0.15, 0.2) is 0 Å². The monoisotopic (exact) mass is 437 g/mol. The van der Waals surface area contributed by atoms with Crippen molar-refractivity contribution >= 4 is 17.7 Å². The molecule has 32 heavy (non-hydrogen) atoms. The van der Waals surface area contributed by atoms with E-state index in [9.17, 15) is 18.8 Å². The third-order valence-corrected chi connectivity index (χ3v) is 6.72. The molecule has 2 aliphatic rings. The average molecular weight is 438 g/mol. The number of nitrogens with zero attached hydrogens (tertiary/aromatic N) is 3. The van der Waals surface area contributed by atoms with Gasteiger partial charge in [-0.1, -0.05) is 25.1 Å². The van der Waals surface area contributed by atoms with Crippen LogP contribution < -0.4 is 0 Å². The van der Waals surface area contributed by atoms with E-state index in [1.807, 2.05) is 4.90 Å². The molecule has 2 atom stereocenters. The minimum absolute atomic E-state index is 0.0814. The molecule has 0 saturated carbocycles. The lowest BCUT2D eigenvalue weighted by Crippen LogP contribution is -2.48. The zero-order valence-corrected chi connectivity index (χ0v) is 18.3. The lowest BCUT2D eigenvalue weighted by Gasteiger charge is -2.37. The molecule has 0 bridgehead atoms. The number of carbonyl (C=O) groups excluding carboxylic acids is 3. The number of benzene rings is 1. The Kier molecular flexibility index (Phi) is 6.35. The summed E-state index contributed by atoms with van der Waals surface area (Å²) in [5.41, 5.74) is -0.297. The molecule has 0 radical (unpaired) electrons. The summed E-state index contributed by atoms with van der Waals surface area (Å²) in [6.07, 6.45) is 6.73. The Labute approximate surface area is 187 Å². The van der Waals surface area contributed by atoms with Gasteiger partial charge in [-0.25, -0.2) is 4.39 Å². The standard InChI is InChI=1S/C25H28FN3O3/c1-2-21-10-3-4-12-28(21)22(30)14-25(19-8-5-9-20(26)13-19)15-23(31)29(24(25)32)17-18-7-6-11-27-16-18/h5-9,11,13,16,21H,2-4,10,12,14-15,17H2,1H3/t21-,25+/m1/s1. The van der Waals surface area contributed by atoms with E-state index in [0.717, 1.165) is 31.2 Å². The van der Waals surface area contributed by atoms with Crippen molar-refractivity contribution in [1.82, 2.24) is 14.8 Å². The van der Waals surface area contributed by atoms with Gasteiger partial charge in [0, 0.05) is 37.8 Å². The molecule has 1 aromatic heterocycles. The van der Waals surface area contributed by atoms with Crippen molar-refractivity contribution < 1.29 is 18.8 Å². The molecule has 6 nitrogen and oxygen atoms in total. The fourth-order valence-corrected chi connectivity index (χ4v) is 5.00. The van der Waals surface area contributed by atoms with Gasteiger partial charge in [-0.15, -0.1) is 0 Å². The second-order valence-corrected chi connectivity index (χ2v) is 8.74. The second kappa shape index (κ2) is 9.18. The summed E-state index contributed by atoms with van der Waals surface area (Å²) in [6.45, 7) is 2.79. The van der Waals surface area contributed by atoms with Crippen LogP contribution >= 0.6 is 0 Å². The van der Waals surface area contributed by atoms with Crippen LogP contribution in [0, 0.1) is 5.82 Å². The lowest BCUT2D eigenvalue weighted by molar-refractivity contribution is -0.144. The predicted octanol–water partition coefficient (Wildman–Crippen LogP) is 3.60. The van der Waals surface area contributed by atoms with Crippen LogP contribution in [0.5, 0.6) is 0 Å². The maximum absolute atomic E-state index is 14.2. The van der Waals surface area contributed by atoms with Gasteiger partial charge in [0.1, 0.15) is 5.82 Å². The second-order valence-electron chi connectivity index (χ2n) is 8.74. The van der Waals surface area contributed by atoms with Crippen molar-refractivity contribution in [1.29, 1.82) is 0 Å². The number of rotatable bonds is 6. The summed E-state index contributed by atoms with van der Waals surface area (Å²) in [7, 11) is 0. The van der Waals surface area contributed by atoms with Gasteiger partial charge in [-0.05, 0) is 55.0 Å². The Hall–Kier alpha value is -3.09. The molecule has 168 valence electrons. The molecule has 2 saturated heterocycles. The third-order valence-electron chi connectivity index (χ3n) is 6.72. The van der Waals surface area contributed by atoms with E-state index < -0.39 is 17.1 Å². The van der Waals surface area contributed by atoms with E-state index in [4.69, 9.17) is 0 Å². The highest BCUT2D eigenvalue weighted by molar-refractivity contribution is 6.10. The zero-order valence-electron chi connectivity index (χ0n) is 18.3. The zero-order chi connectivity index (χ0) is 22.7. The quantitative estimate of drug-likeness (QED) is 0.648. The topological polar surface area (TPSA) is 70.6 Å². The highest BCUT2D eigenvalue weighted by atomic mass is 19.1. The Bertz CT molecular complexity index is 1010. The van der Waals surface area contributed by atoms with Crippen molar-refractivity contribution in [3.8, 4) is 0 Å². The third kappa shape index (κ3) is 4.16. The number of aromatic nitrogens is 1. The van der Waals surface area contributed by atoms with Crippen LogP contribution in [0.15, 0.2) is 48.8 Å². The Morgan fingerprint density at radius 2 is 2.06 bits per heavy atom. The summed E-state index contributed by atoms with van der Waals surface area (Å²) >= 11 is 0. The maximum atomic E-state index is 14.2. The van der Waals surface area contributed by atoms with Gasteiger partial charge >= 0.3 is 0 Å².